The van der Waals surface area contributed by atoms with Crippen molar-refractivity contribution in [2.45, 2.75) is 25.7 Å². The Bertz CT molecular complexity index is 928. The first-order valence-electron chi connectivity index (χ1n) is 11.5. The molecule has 0 bridgehead atoms. The largest absolute Gasteiger partial charge is 0.497 e. The maximum atomic E-state index is 13.0. The zero-order valence-electron chi connectivity index (χ0n) is 19.4. The first-order valence-corrected chi connectivity index (χ1v) is 11.5. The highest BCUT2D eigenvalue weighted by Gasteiger charge is 2.28. The number of hydrogen-bond donors (Lipinski definition) is 0. The molecular formula is C26H34N2O4. The van der Waals surface area contributed by atoms with Gasteiger partial charge in [0.25, 0.3) is 0 Å². The third-order valence-corrected chi connectivity index (χ3v) is 6.78. The van der Waals surface area contributed by atoms with Crippen molar-refractivity contribution >= 4 is 5.91 Å². The maximum Gasteiger partial charge on any atom is 0.227 e. The second-order valence-corrected chi connectivity index (χ2v) is 8.80. The molecule has 0 aromatic heterocycles. The fraction of sp³-hybridized carbons (Fsp3) is 0.500. The van der Waals surface area contributed by atoms with E-state index in [0.29, 0.717) is 18.1 Å². The lowest BCUT2D eigenvalue weighted by molar-refractivity contribution is -0.130. The van der Waals surface area contributed by atoms with E-state index < -0.39 is 0 Å². The van der Waals surface area contributed by atoms with E-state index in [-0.39, 0.29) is 5.91 Å². The number of fused-ring (bicyclic) bond motifs is 1. The van der Waals surface area contributed by atoms with E-state index >= 15 is 0 Å². The third-order valence-electron chi connectivity index (χ3n) is 6.78. The first-order chi connectivity index (χ1) is 15.6. The van der Waals surface area contributed by atoms with Gasteiger partial charge in [0.05, 0.1) is 27.8 Å². The highest BCUT2D eigenvalue weighted by molar-refractivity contribution is 5.80. The summed E-state index contributed by atoms with van der Waals surface area (Å²) in [7, 11) is 4.98. The minimum atomic E-state index is 0.215. The SMILES string of the molecule is COc1ccc(CCN2CCC(CN3CCc4cc(OC)c(OC)cc4CC3=O)C2)cc1. The number of nitrogens with zero attached hydrogens (tertiary/aromatic N) is 2. The number of ether oxygens (including phenoxy) is 3. The lowest BCUT2D eigenvalue weighted by Crippen LogP contribution is -2.37. The molecular weight excluding hydrogens is 404 g/mol. The molecule has 6 nitrogen and oxygen atoms in total. The standard InChI is InChI=1S/C26H34N2O4/c1-30-23-6-4-19(5-7-23)8-11-27-12-9-20(17-27)18-28-13-10-21-14-24(31-2)25(32-3)15-22(21)16-26(28)29/h4-7,14-15,20H,8-13,16-18H2,1-3H3. The Morgan fingerprint density at radius 1 is 0.938 bits per heavy atom. The summed E-state index contributed by atoms with van der Waals surface area (Å²) < 4.78 is 16.1. The van der Waals surface area contributed by atoms with E-state index in [0.717, 1.165) is 69.0 Å². The van der Waals surface area contributed by atoms with Crippen molar-refractivity contribution in [3.8, 4) is 17.2 Å². The summed E-state index contributed by atoms with van der Waals surface area (Å²) in [6.45, 7) is 4.84. The van der Waals surface area contributed by atoms with Crippen molar-refractivity contribution in [3.05, 3.63) is 53.1 Å². The topological polar surface area (TPSA) is 51.2 Å². The first kappa shape index (κ1) is 22.5. The molecule has 2 aliphatic rings. The second kappa shape index (κ2) is 10.3. The van der Waals surface area contributed by atoms with E-state index in [2.05, 4.69) is 21.9 Å². The van der Waals surface area contributed by atoms with Gasteiger partial charge < -0.3 is 24.0 Å². The third kappa shape index (κ3) is 5.18. The number of benzene rings is 2. The van der Waals surface area contributed by atoms with Gasteiger partial charge in [-0.1, -0.05) is 12.1 Å². The summed E-state index contributed by atoms with van der Waals surface area (Å²) in [4.78, 5) is 17.6. The summed E-state index contributed by atoms with van der Waals surface area (Å²) in [6.07, 6.45) is 3.48. The van der Waals surface area contributed by atoms with Gasteiger partial charge in [0.1, 0.15) is 5.75 Å². The van der Waals surface area contributed by atoms with Crippen molar-refractivity contribution < 1.29 is 19.0 Å². The number of carbonyl (C=O) groups excluding carboxylic acids is 1. The van der Waals surface area contributed by atoms with E-state index in [1.54, 1.807) is 21.3 Å². The Labute approximate surface area is 191 Å². The van der Waals surface area contributed by atoms with Crippen molar-refractivity contribution in [1.82, 2.24) is 9.80 Å². The van der Waals surface area contributed by atoms with Gasteiger partial charge in [0, 0.05) is 26.2 Å². The van der Waals surface area contributed by atoms with Gasteiger partial charge in [-0.3, -0.25) is 4.79 Å². The van der Waals surface area contributed by atoms with Crippen LogP contribution in [0.25, 0.3) is 0 Å². The van der Waals surface area contributed by atoms with Crippen LogP contribution in [0.5, 0.6) is 17.2 Å². The van der Waals surface area contributed by atoms with Crippen LogP contribution in [-0.4, -0.2) is 69.8 Å². The van der Waals surface area contributed by atoms with Crippen molar-refractivity contribution in [3.63, 3.8) is 0 Å². The molecule has 4 rings (SSSR count). The van der Waals surface area contributed by atoms with Crippen LogP contribution in [-0.2, 0) is 24.1 Å². The van der Waals surface area contributed by atoms with Gasteiger partial charge in [0.15, 0.2) is 11.5 Å². The Morgan fingerprint density at radius 3 is 2.34 bits per heavy atom. The van der Waals surface area contributed by atoms with Crippen LogP contribution < -0.4 is 14.2 Å². The van der Waals surface area contributed by atoms with E-state index in [1.165, 1.54) is 11.1 Å². The molecule has 2 heterocycles. The van der Waals surface area contributed by atoms with Crippen molar-refractivity contribution in [1.29, 1.82) is 0 Å². The minimum Gasteiger partial charge on any atom is -0.497 e. The Balaban J connectivity index is 1.30. The molecule has 1 atom stereocenters. The maximum absolute atomic E-state index is 13.0. The molecule has 32 heavy (non-hydrogen) atoms. The minimum absolute atomic E-state index is 0.215. The van der Waals surface area contributed by atoms with Gasteiger partial charge in [-0.05, 0) is 72.7 Å². The Morgan fingerprint density at radius 2 is 1.66 bits per heavy atom. The highest BCUT2D eigenvalue weighted by Crippen LogP contribution is 2.32. The highest BCUT2D eigenvalue weighted by atomic mass is 16.5. The average molecular weight is 439 g/mol. The molecule has 2 aromatic rings. The summed E-state index contributed by atoms with van der Waals surface area (Å²) in [5.41, 5.74) is 3.58. The zero-order chi connectivity index (χ0) is 22.5. The van der Waals surface area contributed by atoms with Crippen LogP contribution in [0, 0.1) is 5.92 Å². The molecule has 2 aromatic carbocycles. The molecule has 1 saturated heterocycles. The average Bonchev–Trinajstić information content (AvgIpc) is 3.21. The second-order valence-electron chi connectivity index (χ2n) is 8.80. The molecule has 0 radical (unpaired) electrons. The lowest BCUT2D eigenvalue weighted by Gasteiger charge is -2.24. The fourth-order valence-corrected chi connectivity index (χ4v) is 4.86. The quantitative estimate of drug-likeness (QED) is 0.634. The van der Waals surface area contributed by atoms with Crippen molar-refractivity contribution in [2.75, 3.05) is 54.1 Å². The predicted molar refractivity (Wildman–Crippen MR) is 125 cm³/mol. The van der Waals surface area contributed by atoms with Crippen LogP contribution >= 0.6 is 0 Å². The number of rotatable bonds is 8. The molecule has 0 saturated carbocycles. The molecule has 0 N–H and O–H groups in total. The summed E-state index contributed by atoms with van der Waals surface area (Å²) in [5.74, 6) is 3.08. The predicted octanol–water partition coefficient (Wildman–Crippen LogP) is 3.20. The van der Waals surface area contributed by atoms with Gasteiger partial charge in [-0.25, -0.2) is 0 Å². The molecule has 6 heteroatoms. The van der Waals surface area contributed by atoms with Gasteiger partial charge in [-0.15, -0.1) is 0 Å². The normalized spacial score (nSPS) is 18.9. The number of carbonyl (C=O) groups is 1. The molecule has 1 unspecified atom stereocenters. The number of hydrogen-bond acceptors (Lipinski definition) is 5. The van der Waals surface area contributed by atoms with E-state index in [4.69, 9.17) is 14.2 Å². The molecule has 0 aliphatic carbocycles. The molecule has 1 fully saturated rings. The molecule has 0 spiro atoms. The fourth-order valence-electron chi connectivity index (χ4n) is 4.86. The van der Waals surface area contributed by atoms with E-state index in [1.807, 2.05) is 24.3 Å². The lowest BCUT2D eigenvalue weighted by atomic mass is 10.0. The summed E-state index contributed by atoms with van der Waals surface area (Å²) >= 11 is 0. The summed E-state index contributed by atoms with van der Waals surface area (Å²) in [5, 5.41) is 0. The number of likely N-dealkylation sites (tertiary alicyclic amines) is 1. The smallest absolute Gasteiger partial charge is 0.227 e. The van der Waals surface area contributed by atoms with Crippen molar-refractivity contribution in [2.24, 2.45) is 5.92 Å². The molecule has 172 valence electrons. The molecule has 2 aliphatic heterocycles. The van der Waals surface area contributed by atoms with Gasteiger partial charge in [0.2, 0.25) is 5.91 Å². The monoisotopic (exact) mass is 438 g/mol. The van der Waals surface area contributed by atoms with Crippen LogP contribution in [0.15, 0.2) is 36.4 Å². The molecule has 1 amide bonds. The Hall–Kier alpha value is -2.73. The van der Waals surface area contributed by atoms with Crippen LogP contribution in [0.2, 0.25) is 0 Å². The van der Waals surface area contributed by atoms with Crippen LogP contribution in [0.3, 0.4) is 0 Å². The van der Waals surface area contributed by atoms with Crippen LogP contribution in [0.4, 0.5) is 0 Å². The Kier molecular flexibility index (Phi) is 7.20. The van der Waals surface area contributed by atoms with E-state index in [9.17, 15) is 4.79 Å². The summed E-state index contributed by atoms with van der Waals surface area (Å²) in [6, 6.07) is 12.3. The van der Waals surface area contributed by atoms with Gasteiger partial charge >= 0.3 is 0 Å². The van der Waals surface area contributed by atoms with Gasteiger partial charge in [-0.2, -0.15) is 0 Å². The zero-order valence-corrected chi connectivity index (χ0v) is 19.4. The van der Waals surface area contributed by atoms with Crippen LogP contribution in [0.1, 0.15) is 23.1 Å². The number of amides is 1. The number of methoxy groups -OCH3 is 3.